The van der Waals surface area contributed by atoms with Crippen LogP contribution in [0.5, 0.6) is 5.75 Å². The lowest BCUT2D eigenvalue weighted by Gasteiger charge is -2.10. The second kappa shape index (κ2) is 7.79. The first-order chi connectivity index (χ1) is 11.4. The first kappa shape index (κ1) is 17.7. The summed E-state index contributed by atoms with van der Waals surface area (Å²) in [5.74, 6) is 0.149. The average Bonchev–Trinajstić information content (AvgIpc) is 2.97. The van der Waals surface area contributed by atoms with Crippen molar-refractivity contribution in [3.8, 4) is 17.0 Å². The van der Waals surface area contributed by atoms with E-state index in [4.69, 9.17) is 0 Å². The van der Waals surface area contributed by atoms with Gasteiger partial charge in [-0.25, -0.2) is 4.79 Å². The zero-order valence-corrected chi connectivity index (χ0v) is 14.4. The van der Waals surface area contributed by atoms with E-state index < -0.39 is 0 Å². The highest BCUT2D eigenvalue weighted by molar-refractivity contribution is 5.78. The number of hydrogen-bond acceptors (Lipinski definition) is 4. The van der Waals surface area contributed by atoms with Crippen LogP contribution in [0.4, 0.5) is 4.79 Å². The van der Waals surface area contributed by atoms with Crippen LogP contribution in [0.1, 0.15) is 11.3 Å². The van der Waals surface area contributed by atoms with Crippen molar-refractivity contribution in [3.05, 3.63) is 48.2 Å². The van der Waals surface area contributed by atoms with E-state index in [1.165, 1.54) is 4.68 Å². The number of aromatic nitrogens is 2. The Labute approximate surface area is 142 Å². The summed E-state index contributed by atoms with van der Waals surface area (Å²) in [7, 11) is 3.96. The quantitative estimate of drug-likeness (QED) is 0.799. The number of amides is 1. The molecule has 0 spiro atoms. The van der Waals surface area contributed by atoms with E-state index in [0.717, 1.165) is 17.8 Å². The number of nitrogens with zero attached hydrogens (tertiary/aromatic N) is 3. The maximum Gasteiger partial charge on any atom is 0.342 e. The minimum Gasteiger partial charge on any atom is -0.507 e. The molecule has 0 atom stereocenters. The SMILES string of the molecule is C=CCNC(=O)n1nc(-c2cc(C)ccc2O)cc1CCN(C)C. The van der Waals surface area contributed by atoms with Crippen molar-refractivity contribution in [3.63, 3.8) is 0 Å². The van der Waals surface area contributed by atoms with Crippen LogP contribution in [0.3, 0.4) is 0 Å². The van der Waals surface area contributed by atoms with Crippen molar-refractivity contribution in [2.75, 3.05) is 27.2 Å². The zero-order valence-electron chi connectivity index (χ0n) is 14.4. The van der Waals surface area contributed by atoms with E-state index in [0.29, 0.717) is 24.2 Å². The first-order valence-corrected chi connectivity index (χ1v) is 7.85. The van der Waals surface area contributed by atoms with Gasteiger partial charge in [-0.2, -0.15) is 9.78 Å². The number of phenolic OH excluding ortho intramolecular Hbond substituents is 1. The number of nitrogens with one attached hydrogen (secondary N) is 1. The Morgan fingerprint density at radius 1 is 1.42 bits per heavy atom. The molecular formula is C18H24N4O2. The Morgan fingerprint density at radius 2 is 2.17 bits per heavy atom. The van der Waals surface area contributed by atoms with Gasteiger partial charge in [0.15, 0.2) is 0 Å². The minimum atomic E-state index is -0.304. The fourth-order valence-electron chi connectivity index (χ4n) is 2.33. The number of likely N-dealkylation sites (N-methyl/N-ethyl adjacent to an activating group) is 1. The van der Waals surface area contributed by atoms with Crippen molar-refractivity contribution in [2.24, 2.45) is 0 Å². The van der Waals surface area contributed by atoms with E-state index in [1.807, 2.05) is 44.1 Å². The van der Waals surface area contributed by atoms with Crippen molar-refractivity contribution >= 4 is 6.03 Å². The largest absolute Gasteiger partial charge is 0.507 e. The normalized spacial score (nSPS) is 10.8. The van der Waals surface area contributed by atoms with Gasteiger partial charge >= 0.3 is 6.03 Å². The first-order valence-electron chi connectivity index (χ1n) is 7.85. The molecule has 0 saturated carbocycles. The van der Waals surface area contributed by atoms with Crippen molar-refractivity contribution in [2.45, 2.75) is 13.3 Å². The molecule has 2 N–H and O–H groups in total. The monoisotopic (exact) mass is 328 g/mol. The van der Waals surface area contributed by atoms with Gasteiger partial charge in [-0.15, -0.1) is 6.58 Å². The number of hydrogen-bond donors (Lipinski definition) is 2. The molecule has 6 nitrogen and oxygen atoms in total. The Balaban J connectivity index is 2.41. The lowest BCUT2D eigenvalue weighted by atomic mass is 10.1. The summed E-state index contributed by atoms with van der Waals surface area (Å²) in [5.41, 5.74) is 3.01. The van der Waals surface area contributed by atoms with Gasteiger partial charge in [0.05, 0.1) is 11.4 Å². The Bertz CT molecular complexity index is 735. The molecule has 0 fully saturated rings. The van der Waals surface area contributed by atoms with Gasteiger partial charge in [0.1, 0.15) is 5.75 Å². The molecule has 2 aromatic rings. The van der Waals surface area contributed by atoms with Crippen molar-refractivity contribution in [1.29, 1.82) is 0 Å². The number of carbonyl (C=O) groups excluding carboxylic acids is 1. The molecule has 0 unspecified atom stereocenters. The number of rotatable bonds is 6. The van der Waals surface area contributed by atoms with Gasteiger partial charge in [0.25, 0.3) is 0 Å². The molecule has 2 rings (SSSR count). The predicted molar refractivity (Wildman–Crippen MR) is 95.3 cm³/mol. The van der Waals surface area contributed by atoms with Crippen LogP contribution in [-0.2, 0) is 6.42 Å². The van der Waals surface area contributed by atoms with Crippen LogP contribution in [0.25, 0.3) is 11.3 Å². The van der Waals surface area contributed by atoms with Gasteiger partial charge in [-0.3, -0.25) is 0 Å². The minimum absolute atomic E-state index is 0.149. The third-order valence-corrected chi connectivity index (χ3v) is 3.62. The third kappa shape index (κ3) is 4.23. The van der Waals surface area contributed by atoms with E-state index in [-0.39, 0.29) is 11.8 Å². The van der Waals surface area contributed by atoms with Crippen molar-refractivity contribution in [1.82, 2.24) is 20.0 Å². The van der Waals surface area contributed by atoms with Crippen LogP contribution in [-0.4, -0.2) is 53.0 Å². The summed E-state index contributed by atoms with van der Waals surface area (Å²) in [4.78, 5) is 14.4. The predicted octanol–water partition coefficient (Wildman–Crippen LogP) is 2.41. The maximum absolute atomic E-state index is 12.3. The van der Waals surface area contributed by atoms with Gasteiger partial charge < -0.3 is 15.3 Å². The van der Waals surface area contributed by atoms with E-state index in [2.05, 4.69) is 17.0 Å². The summed E-state index contributed by atoms with van der Waals surface area (Å²) in [6.45, 7) is 6.71. The zero-order chi connectivity index (χ0) is 17.7. The van der Waals surface area contributed by atoms with E-state index >= 15 is 0 Å². The number of phenols is 1. The third-order valence-electron chi connectivity index (χ3n) is 3.62. The van der Waals surface area contributed by atoms with Crippen LogP contribution in [0.15, 0.2) is 36.9 Å². The topological polar surface area (TPSA) is 70.4 Å². The molecule has 1 aromatic heterocycles. The number of carbonyl (C=O) groups is 1. The maximum atomic E-state index is 12.3. The van der Waals surface area contributed by atoms with Gasteiger partial charge in [0, 0.05) is 25.1 Å². The summed E-state index contributed by atoms with van der Waals surface area (Å²) in [6.07, 6.45) is 2.29. The summed E-state index contributed by atoms with van der Waals surface area (Å²) < 4.78 is 1.37. The van der Waals surface area contributed by atoms with Gasteiger partial charge in [0.2, 0.25) is 0 Å². The molecule has 0 aliphatic heterocycles. The Hall–Kier alpha value is -2.60. The van der Waals surface area contributed by atoms with Crippen LogP contribution in [0, 0.1) is 6.92 Å². The summed E-state index contributed by atoms with van der Waals surface area (Å²) in [6, 6.07) is 6.88. The molecule has 128 valence electrons. The fraction of sp³-hybridized carbons (Fsp3) is 0.333. The molecule has 0 saturated heterocycles. The molecule has 6 heteroatoms. The number of aryl methyl sites for hydroxylation is 1. The number of aromatic hydroxyl groups is 1. The molecule has 0 bridgehead atoms. The molecule has 0 aliphatic carbocycles. The molecule has 1 aromatic carbocycles. The van der Waals surface area contributed by atoms with Gasteiger partial charge in [-0.1, -0.05) is 17.7 Å². The Morgan fingerprint density at radius 3 is 2.83 bits per heavy atom. The number of benzene rings is 1. The second-order valence-electron chi connectivity index (χ2n) is 5.98. The molecule has 24 heavy (non-hydrogen) atoms. The van der Waals surface area contributed by atoms with Crippen LogP contribution in [0.2, 0.25) is 0 Å². The molecular weight excluding hydrogens is 304 g/mol. The highest BCUT2D eigenvalue weighted by Crippen LogP contribution is 2.29. The average molecular weight is 328 g/mol. The lowest BCUT2D eigenvalue weighted by molar-refractivity contribution is 0.239. The Kier molecular flexibility index (Phi) is 5.76. The van der Waals surface area contributed by atoms with Crippen LogP contribution < -0.4 is 5.32 Å². The standard InChI is InChI=1S/C18H24N4O2/c1-5-9-19-18(24)22-14(8-10-21(3)4)12-16(20-22)15-11-13(2)6-7-17(15)23/h5-7,11-12,23H,1,8-10H2,2-4H3,(H,19,24). The lowest BCUT2D eigenvalue weighted by Crippen LogP contribution is -2.31. The highest BCUT2D eigenvalue weighted by Gasteiger charge is 2.17. The van der Waals surface area contributed by atoms with Crippen LogP contribution >= 0.6 is 0 Å². The summed E-state index contributed by atoms with van der Waals surface area (Å²) in [5, 5.41) is 17.3. The molecule has 0 aliphatic rings. The molecule has 0 radical (unpaired) electrons. The molecule has 1 heterocycles. The second-order valence-corrected chi connectivity index (χ2v) is 5.98. The summed E-state index contributed by atoms with van der Waals surface area (Å²) >= 11 is 0. The van der Waals surface area contributed by atoms with Gasteiger partial charge in [-0.05, 0) is 39.2 Å². The molecule has 1 amide bonds. The van der Waals surface area contributed by atoms with Crippen molar-refractivity contribution < 1.29 is 9.90 Å². The van der Waals surface area contributed by atoms with E-state index in [1.54, 1.807) is 12.1 Å². The highest BCUT2D eigenvalue weighted by atomic mass is 16.3. The fourth-order valence-corrected chi connectivity index (χ4v) is 2.33. The van der Waals surface area contributed by atoms with E-state index in [9.17, 15) is 9.90 Å². The smallest absolute Gasteiger partial charge is 0.342 e.